The van der Waals surface area contributed by atoms with E-state index in [1.54, 1.807) is 0 Å². The van der Waals surface area contributed by atoms with E-state index in [4.69, 9.17) is 4.42 Å². The van der Waals surface area contributed by atoms with Crippen LogP contribution < -0.4 is 9.80 Å². The molecule has 1 spiro atoms. The highest BCUT2D eigenvalue weighted by molar-refractivity contribution is 6.06. The summed E-state index contributed by atoms with van der Waals surface area (Å²) in [6.45, 7) is 14.0. The van der Waals surface area contributed by atoms with E-state index in [2.05, 4.69) is 276 Å². The van der Waals surface area contributed by atoms with E-state index < -0.39 is 5.41 Å². The summed E-state index contributed by atoms with van der Waals surface area (Å²) < 4.78 is 6.55. The van der Waals surface area contributed by atoms with Gasteiger partial charge in [-0.15, -0.1) is 0 Å². The Morgan fingerprint density at radius 3 is 1.21 bits per heavy atom. The lowest BCUT2D eigenvalue weighted by atomic mass is 9.68. The van der Waals surface area contributed by atoms with Crippen LogP contribution in [0.4, 0.5) is 34.1 Å². The minimum absolute atomic E-state index is 0.0784. The van der Waals surface area contributed by atoms with Crippen molar-refractivity contribution in [1.29, 1.82) is 0 Å². The normalized spacial score (nSPS) is 14.6. The SMILES string of the molecule is CC(C)(C)c1ccc2c(c1)C1(c3cc(N(c4ccccc4)c4ccc(-c5ccccc5)cc4)ccc3-2)c2cc(N(c3ccccc3)c3ccc4c(c3)oc3ccccc34)ccc2-c2ccc(C(C)(C)C)cc21. The van der Waals surface area contributed by atoms with E-state index in [1.165, 1.54) is 66.8 Å². The fraction of sp³-hybridized carbons (Fsp3) is 0.130. The van der Waals surface area contributed by atoms with Crippen molar-refractivity contribution in [1.82, 2.24) is 0 Å². The monoisotopic (exact) mass is 928 g/mol. The number of anilines is 6. The molecular weight excluding hydrogens is 873 g/mol. The molecule has 0 amide bonds. The number of fused-ring (bicyclic) bond motifs is 13. The molecule has 1 atom stereocenters. The predicted molar refractivity (Wildman–Crippen MR) is 302 cm³/mol. The van der Waals surface area contributed by atoms with E-state index in [0.717, 1.165) is 56.1 Å². The maximum atomic E-state index is 6.55. The zero-order valence-corrected chi connectivity index (χ0v) is 41.7. The van der Waals surface area contributed by atoms with Gasteiger partial charge in [-0.05, 0) is 156 Å². The minimum atomic E-state index is -0.658. The number of benzene rings is 10. The molecule has 1 heterocycles. The first-order chi connectivity index (χ1) is 34.9. The minimum Gasteiger partial charge on any atom is -0.456 e. The molecule has 0 aliphatic heterocycles. The van der Waals surface area contributed by atoms with Crippen LogP contribution in [-0.4, -0.2) is 0 Å². The molecule has 0 fully saturated rings. The van der Waals surface area contributed by atoms with E-state index in [9.17, 15) is 0 Å². The molecule has 0 radical (unpaired) electrons. The van der Waals surface area contributed by atoms with Crippen LogP contribution in [0.1, 0.15) is 74.9 Å². The molecule has 2 aliphatic rings. The van der Waals surface area contributed by atoms with Gasteiger partial charge in [0.25, 0.3) is 0 Å². The molecule has 72 heavy (non-hydrogen) atoms. The van der Waals surface area contributed by atoms with Crippen molar-refractivity contribution in [3.63, 3.8) is 0 Å². The molecule has 10 aromatic carbocycles. The molecule has 0 saturated carbocycles. The smallest absolute Gasteiger partial charge is 0.137 e. The third kappa shape index (κ3) is 6.86. The maximum Gasteiger partial charge on any atom is 0.137 e. The predicted octanol–water partition coefficient (Wildman–Crippen LogP) is 19.1. The Morgan fingerprint density at radius 2 is 0.681 bits per heavy atom. The molecule has 0 bridgehead atoms. The van der Waals surface area contributed by atoms with Crippen molar-refractivity contribution in [3.05, 3.63) is 264 Å². The summed E-state index contributed by atoms with van der Waals surface area (Å²) in [5.74, 6) is 0. The standard InChI is InChI=1S/C69H56N2O/c1-67(2,3)47-28-35-55-57-37-32-52(70(49-20-12-8-13-21-49)51-30-26-46(27-31-51)45-18-10-7-11-19-45)42-63(57)69(61(55)40-47)62-41-48(68(4,5)6)29-36-56(62)58-38-33-53(43-64(58)69)71(50-22-14-9-15-23-50)54-34-39-60-59-24-16-17-25-65(59)72-66(60)44-54/h7-44H,1-6H3. The Labute approximate surface area is 423 Å². The lowest BCUT2D eigenvalue weighted by Crippen LogP contribution is -2.28. The average molecular weight is 929 g/mol. The summed E-state index contributed by atoms with van der Waals surface area (Å²) in [7, 11) is 0. The number of rotatable bonds is 7. The van der Waals surface area contributed by atoms with Gasteiger partial charge >= 0.3 is 0 Å². The van der Waals surface area contributed by atoms with Crippen LogP contribution in [0.2, 0.25) is 0 Å². The summed E-state index contributed by atoms with van der Waals surface area (Å²) in [6.07, 6.45) is 0. The fourth-order valence-corrected chi connectivity index (χ4v) is 11.8. The molecule has 1 aromatic heterocycles. The summed E-state index contributed by atoms with van der Waals surface area (Å²) in [5.41, 5.74) is 22.8. The first-order valence-electron chi connectivity index (χ1n) is 25.3. The number of para-hydroxylation sites is 3. The molecule has 3 heteroatoms. The zero-order chi connectivity index (χ0) is 48.9. The molecule has 3 nitrogen and oxygen atoms in total. The average Bonchev–Trinajstić information content (AvgIpc) is 4.02. The van der Waals surface area contributed by atoms with Crippen molar-refractivity contribution in [2.75, 3.05) is 9.80 Å². The van der Waals surface area contributed by atoms with E-state index in [1.807, 2.05) is 6.07 Å². The molecule has 2 aliphatic carbocycles. The lowest BCUT2D eigenvalue weighted by molar-refractivity contribution is 0.586. The van der Waals surface area contributed by atoms with Crippen molar-refractivity contribution in [2.24, 2.45) is 0 Å². The van der Waals surface area contributed by atoms with Crippen molar-refractivity contribution < 1.29 is 4.42 Å². The molecule has 1 unspecified atom stereocenters. The molecule has 13 rings (SSSR count). The molecule has 11 aromatic rings. The highest BCUT2D eigenvalue weighted by atomic mass is 16.3. The van der Waals surface area contributed by atoms with Crippen LogP contribution in [0.5, 0.6) is 0 Å². The second-order valence-electron chi connectivity index (χ2n) is 21.8. The van der Waals surface area contributed by atoms with Gasteiger partial charge in [-0.2, -0.15) is 0 Å². The van der Waals surface area contributed by atoms with Crippen molar-refractivity contribution in [2.45, 2.75) is 57.8 Å². The maximum absolute atomic E-state index is 6.55. The van der Waals surface area contributed by atoms with Gasteiger partial charge in [-0.3, -0.25) is 0 Å². The van der Waals surface area contributed by atoms with Crippen LogP contribution >= 0.6 is 0 Å². The molecule has 348 valence electrons. The van der Waals surface area contributed by atoms with Gasteiger partial charge < -0.3 is 14.2 Å². The lowest BCUT2D eigenvalue weighted by Gasteiger charge is -2.34. The first-order valence-corrected chi connectivity index (χ1v) is 25.3. The van der Waals surface area contributed by atoms with Crippen LogP contribution in [-0.2, 0) is 16.2 Å². The Kier molecular flexibility index (Phi) is 9.89. The van der Waals surface area contributed by atoms with Gasteiger partial charge in [0.2, 0.25) is 0 Å². The molecular formula is C69H56N2O. The summed E-state index contributed by atoms with van der Waals surface area (Å²) in [4.78, 5) is 4.83. The van der Waals surface area contributed by atoms with E-state index in [-0.39, 0.29) is 10.8 Å². The third-order valence-electron chi connectivity index (χ3n) is 15.4. The van der Waals surface area contributed by atoms with E-state index in [0.29, 0.717) is 0 Å². The first kappa shape index (κ1) is 43.6. The van der Waals surface area contributed by atoms with Crippen LogP contribution in [0.25, 0.3) is 55.3 Å². The van der Waals surface area contributed by atoms with E-state index >= 15 is 0 Å². The Balaban J connectivity index is 1.08. The quantitative estimate of drug-likeness (QED) is 0.159. The van der Waals surface area contributed by atoms with Gasteiger partial charge in [-0.1, -0.05) is 187 Å². The van der Waals surface area contributed by atoms with Gasteiger partial charge in [0.05, 0.1) is 5.41 Å². The van der Waals surface area contributed by atoms with Crippen molar-refractivity contribution in [3.8, 4) is 33.4 Å². The third-order valence-corrected chi connectivity index (χ3v) is 15.4. The zero-order valence-electron chi connectivity index (χ0n) is 41.7. The Hall–Kier alpha value is -8.40. The van der Waals surface area contributed by atoms with Crippen LogP contribution in [0.3, 0.4) is 0 Å². The number of nitrogens with zero attached hydrogens (tertiary/aromatic N) is 2. The largest absolute Gasteiger partial charge is 0.456 e. The Bertz CT molecular complexity index is 3850. The summed E-state index contributed by atoms with van der Waals surface area (Å²) >= 11 is 0. The summed E-state index contributed by atoms with van der Waals surface area (Å²) in [6, 6.07) is 85.4. The fourth-order valence-electron chi connectivity index (χ4n) is 11.8. The highest BCUT2D eigenvalue weighted by Gasteiger charge is 2.53. The topological polar surface area (TPSA) is 19.6 Å². The summed E-state index contributed by atoms with van der Waals surface area (Å²) in [5, 5.41) is 2.24. The Morgan fingerprint density at radius 1 is 0.306 bits per heavy atom. The van der Waals surface area contributed by atoms with Gasteiger partial charge in [0.15, 0.2) is 0 Å². The van der Waals surface area contributed by atoms with Crippen molar-refractivity contribution >= 4 is 56.1 Å². The van der Waals surface area contributed by atoms with Crippen LogP contribution in [0, 0.1) is 0 Å². The highest BCUT2D eigenvalue weighted by Crippen LogP contribution is 2.65. The number of hydrogen-bond donors (Lipinski definition) is 0. The number of furan rings is 1. The second-order valence-corrected chi connectivity index (χ2v) is 21.8. The molecule has 0 saturated heterocycles. The number of hydrogen-bond acceptors (Lipinski definition) is 3. The van der Waals surface area contributed by atoms with Gasteiger partial charge in [0.1, 0.15) is 11.2 Å². The van der Waals surface area contributed by atoms with Gasteiger partial charge in [0, 0.05) is 51.0 Å². The molecule has 0 N–H and O–H groups in total. The van der Waals surface area contributed by atoms with Crippen LogP contribution in [0.15, 0.2) is 235 Å². The van der Waals surface area contributed by atoms with Gasteiger partial charge in [-0.25, -0.2) is 0 Å². The second kappa shape index (κ2) is 16.3.